The zero-order chi connectivity index (χ0) is 17.9. The van der Waals surface area contributed by atoms with Gasteiger partial charge in [0.1, 0.15) is 11.4 Å². The van der Waals surface area contributed by atoms with Crippen molar-refractivity contribution in [2.45, 2.75) is 0 Å². The number of hydrogen-bond donors (Lipinski definition) is 2. The first kappa shape index (κ1) is 16.7. The fourth-order valence-corrected chi connectivity index (χ4v) is 2.01. The molecule has 2 aromatic rings. The van der Waals surface area contributed by atoms with E-state index >= 15 is 0 Å². The Balaban J connectivity index is 2.63. The highest BCUT2D eigenvalue weighted by Crippen LogP contribution is 2.36. The number of nitro groups is 2. The fraction of sp³-hybridized carbons (Fsp3) is 0.0714. The number of anilines is 2. The standard InChI is InChI=1S/C14H11N3O7/c1-24-10-4-2-3-8(5-10)15-13-11(14(18)19)6-9(16(20)21)7-12(13)17(22)23/h2-7,15H,1H3,(H,18,19). The molecule has 0 amide bonds. The summed E-state index contributed by atoms with van der Waals surface area (Å²) in [5.41, 5.74) is -2.02. The maximum Gasteiger partial charge on any atom is 0.338 e. The SMILES string of the molecule is COc1cccc(Nc2c(C(=O)O)cc([N+](=O)[O-])cc2[N+](=O)[O-])c1. The van der Waals surface area contributed by atoms with Crippen LogP contribution in [0.2, 0.25) is 0 Å². The van der Waals surface area contributed by atoms with E-state index < -0.39 is 32.8 Å². The molecule has 10 nitrogen and oxygen atoms in total. The molecular weight excluding hydrogens is 322 g/mol. The normalized spacial score (nSPS) is 10.0. The van der Waals surface area contributed by atoms with Crippen LogP contribution in [-0.2, 0) is 0 Å². The van der Waals surface area contributed by atoms with Gasteiger partial charge in [-0.3, -0.25) is 20.2 Å². The van der Waals surface area contributed by atoms with Crippen molar-refractivity contribution in [1.82, 2.24) is 0 Å². The van der Waals surface area contributed by atoms with Gasteiger partial charge in [0.2, 0.25) is 0 Å². The van der Waals surface area contributed by atoms with Gasteiger partial charge in [-0.25, -0.2) is 4.79 Å². The largest absolute Gasteiger partial charge is 0.497 e. The van der Waals surface area contributed by atoms with Gasteiger partial charge in [0, 0.05) is 17.8 Å². The summed E-state index contributed by atoms with van der Waals surface area (Å²) < 4.78 is 5.02. The smallest absolute Gasteiger partial charge is 0.338 e. The third-order valence-electron chi connectivity index (χ3n) is 3.08. The lowest BCUT2D eigenvalue weighted by molar-refractivity contribution is -0.393. The van der Waals surface area contributed by atoms with Gasteiger partial charge in [0.25, 0.3) is 11.4 Å². The van der Waals surface area contributed by atoms with E-state index in [0.29, 0.717) is 17.5 Å². The molecule has 2 aromatic carbocycles. The van der Waals surface area contributed by atoms with Crippen LogP contribution in [0, 0.1) is 20.2 Å². The minimum absolute atomic E-state index is 0.328. The third-order valence-corrected chi connectivity index (χ3v) is 3.08. The number of ether oxygens (including phenoxy) is 1. The van der Waals surface area contributed by atoms with E-state index in [4.69, 9.17) is 4.74 Å². The number of nitrogens with zero attached hydrogens (tertiary/aromatic N) is 2. The Hall–Kier alpha value is -3.69. The average molecular weight is 333 g/mol. The van der Waals surface area contributed by atoms with E-state index in [1.807, 2.05) is 0 Å². The Kier molecular flexibility index (Phi) is 4.59. The summed E-state index contributed by atoms with van der Waals surface area (Å²) >= 11 is 0. The van der Waals surface area contributed by atoms with Crippen LogP contribution in [-0.4, -0.2) is 28.0 Å². The average Bonchev–Trinajstić information content (AvgIpc) is 2.54. The topological polar surface area (TPSA) is 145 Å². The van der Waals surface area contributed by atoms with E-state index in [2.05, 4.69) is 5.32 Å². The van der Waals surface area contributed by atoms with Crippen LogP contribution in [0.15, 0.2) is 36.4 Å². The Morgan fingerprint density at radius 3 is 2.42 bits per heavy atom. The number of carboxylic acid groups (broad SMARTS) is 1. The Labute approximate surface area is 134 Å². The number of non-ortho nitro benzene ring substituents is 1. The lowest BCUT2D eigenvalue weighted by atomic mass is 10.1. The van der Waals surface area contributed by atoms with Crippen molar-refractivity contribution in [3.05, 3.63) is 62.2 Å². The first-order valence-corrected chi connectivity index (χ1v) is 6.44. The van der Waals surface area contributed by atoms with Gasteiger partial charge in [0.05, 0.1) is 28.6 Å². The van der Waals surface area contributed by atoms with Crippen LogP contribution in [0.25, 0.3) is 0 Å². The van der Waals surface area contributed by atoms with Crippen LogP contribution in [0.1, 0.15) is 10.4 Å². The molecule has 0 fully saturated rings. The van der Waals surface area contributed by atoms with Crippen LogP contribution >= 0.6 is 0 Å². The van der Waals surface area contributed by atoms with E-state index in [1.165, 1.54) is 13.2 Å². The number of methoxy groups -OCH3 is 1. The minimum Gasteiger partial charge on any atom is -0.497 e. The molecule has 0 saturated heterocycles. The number of nitro benzene ring substituents is 2. The van der Waals surface area contributed by atoms with E-state index in [0.717, 1.165) is 6.07 Å². The second-order valence-electron chi connectivity index (χ2n) is 4.56. The summed E-state index contributed by atoms with van der Waals surface area (Å²) in [6.45, 7) is 0. The lowest BCUT2D eigenvalue weighted by Gasteiger charge is -2.11. The van der Waals surface area contributed by atoms with Crippen molar-refractivity contribution < 1.29 is 24.5 Å². The molecule has 0 atom stereocenters. The van der Waals surface area contributed by atoms with Crippen molar-refractivity contribution in [3.63, 3.8) is 0 Å². The van der Waals surface area contributed by atoms with Gasteiger partial charge in [-0.15, -0.1) is 0 Å². The molecule has 0 unspecified atom stereocenters. The van der Waals surface area contributed by atoms with Gasteiger partial charge in [-0.05, 0) is 12.1 Å². The third kappa shape index (κ3) is 3.38. The predicted octanol–water partition coefficient (Wildman–Crippen LogP) is 2.95. The van der Waals surface area contributed by atoms with Crippen LogP contribution < -0.4 is 10.1 Å². The summed E-state index contributed by atoms with van der Waals surface area (Å²) in [6.07, 6.45) is 0. The zero-order valence-corrected chi connectivity index (χ0v) is 12.3. The molecule has 24 heavy (non-hydrogen) atoms. The first-order chi connectivity index (χ1) is 11.3. The molecule has 10 heteroatoms. The summed E-state index contributed by atoms with van der Waals surface area (Å²) in [7, 11) is 1.43. The maximum atomic E-state index is 11.4. The van der Waals surface area contributed by atoms with Crippen molar-refractivity contribution in [3.8, 4) is 5.75 Å². The zero-order valence-electron chi connectivity index (χ0n) is 12.3. The number of carboxylic acids is 1. The second-order valence-corrected chi connectivity index (χ2v) is 4.56. The molecule has 0 aliphatic rings. The van der Waals surface area contributed by atoms with Gasteiger partial charge in [-0.1, -0.05) is 6.07 Å². The maximum absolute atomic E-state index is 11.4. The van der Waals surface area contributed by atoms with Gasteiger partial charge in [0.15, 0.2) is 0 Å². The molecule has 124 valence electrons. The molecule has 0 radical (unpaired) electrons. The predicted molar refractivity (Wildman–Crippen MR) is 83.0 cm³/mol. The number of carbonyl (C=O) groups is 1. The van der Waals surface area contributed by atoms with Crippen molar-refractivity contribution >= 4 is 28.7 Å². The minimum atomic E-state index is -1.54. The number of benzene rings is 2. The molecular formula is C14H11N3O7. The van der Waals surface area contributed by atoms with Crippen LogP contribution in [0.5, 0.6) is 5.75 Å². The molecule has 2 rings (SSSR count). The molecule has 0 saturated carbocycles. The van der Waals surface area contributed by atoms with E-state index in [9.17, 15) is 30.1 Å². The fourth-order valence-electron chi connectivity index (χ4n) is 2.01. The monoisotopic (exact) mass is 333 g/mol. The molecule has 0 heterocycles. The molecule has 0 aliphatic carbocycles. The molecule has 0 bridgehead atoms. The Morgan fingerprint density at radius 2 is 1.88 bits per heavy atom. The highest BCUT2D eigenvalue weighted by Gasteiger charge is 2.27. The van der Waals surface area contributed by atoms with Gasteiger partial charge >= 0.3 is 5.97 Å². The van der Waals surface area contributed by atoms with Crippen molar-refractivity contribution in [2.24, 2.45) is 0 Å². The van der Waals surface area contributed by atoms with Crippen LogP contribution in [0.4, 0.5) is 22.7 Å². The number of aromatic carboxylic acids is 1. The Bertz CT molecular complexity index is 800. The van der Waals surface area contributed by atoms with Gasteiger partial charge in [-0.2, -0.15) is 0 Å². The quantitative estimate of drug-likeness (QED) is 0.606. The number of hydrogen-bond acceptors (Lipinski definition) is 7. The van der Waals surface area contributed by atoms with E-state index in [-0.39, 0.29) is 5.69 Å². The first-order valence-electron chi connectivity index (χ1n) is 6.44. The molecule has 0 aromatic heterocycles. The van der Waals surface area contributed by atoms with E-state index in [1.54, 1.807) is 18.2 Å². The second kappa shape index (κ2) is 6.60. The Morgan fingerprint density at radius 1 is 1.17 bits per heavy atom. The summed E-state index contributed by atoms with van der Waals surface area (Å²) in [4.78, 5) is 31.7. The molecule has 0 spiro atoms. The van der Waals surface area contributed by atoms with Crippen molar-refractivity contribution in [2.75, 3.05) is 12.4 Å². The summed E-state index contributed by atoms with van der Waals surface area (Å²) in [6, 6.07) is 7.73. The lowest BCUT2D eigenvalue weighted by Crippen LogP contribution is -2.07. The van der Waals surface area contributed by atoms with Crippen molar-refractivity contribution in [1.29, 1.82) is 0 Å². The number of rotatable bonds is 6. The molecule has 0 aliphatic heterocycles. The van der Waals surface area contributed by atoms with Crippen LogP contribution in [0.3, 0.4) is 0 Å². The molecule has 2 N–H and O–H groups in total. The highest BCUT2D eigenvalue weighted by molar-refractivity contribution is 5.99. The number of nitrogens with one attached hydrogen (secondary N) is 1. The van der Waals surface area contributed by atoms with Gasteiger partial charge < -0.3 is 15.2 Å². The summed E-state index contributed by atoms with van der Waals surface area (Å²) in [5.74, 6) is -1.09. The summed E-state index contributed by atoms with van der Waals surface area (Å²) in [5, 5.41) is 33.9. The highest BCUT2D eigenvalue weighted by atomic mass is 16.6.